The SMILES string of the molecule is COc1ccc2c(c[c]n2-c2ccc(F)cc2)c1. The van der Waals surface area contributed by atoms with Crippen molar-refractivity contribution in [2.24, 2.45) is 0 Å². The molecule has 1 aromatic heterocycles. The van der Waals surface area contributed by atoms with Crippen LogP contribution in [0.25, 0.3) is 16.6 Å². The zero-order valence-corrected chi connectivity index (χ0v) is 9.85. The van der Waals surface area contributed by atoms with Crippen LogP contribution in [0.3, 0.4) is 0 Å². The fourth-order valence-electron chi connectivity index (χ4n) is 1.99. The monoisotopic (exact) mass is 240 g/mol. The largest absolute Gasteiger partial charge is 0.497 e. The fraction of sp³-hybridized carbons (Fsp3) is 0.0667. The van der Waals surface area contributed by atoms with E-state index in [0.717, 1.165) is 22.3 Å². The summed E-state index contributed by atoms with van der Waals surface area (Å²) < 4.78 is 20.0. The molecule has 18 heavy (non-hydrogen) atoms. The lowest BCUT2D eigenvalue weighted by atomic mass is 10.2. The van der Waals surface area contributed by atoms with Crippen LogP contribution in [0.4, 0.5) is 4.39 Å². The van der Waals surface area contributed by atoms with Crippen molar-refractivity contribution in [2.75, 3.05) is 7.11 Å². The van der Waals surface area contributed by atoms with Crippen LogP contribution < -0.4 is 4.74 Å². The summed E-state index contributed by atoms with van der Waals surface area (Å²) >= 11 is 0. The molecule has 1 heterocycles. The number of hydrogen-bond donors (Lipinski definition) is 0. The number of nitrogens with zero attached hydrogens (tertiary/aromatic N) is 1. The van der Waals surface area contributed by atoms with Crippen LogP contribution in [0, 0.1) is 12.0 Å². The summed E-state index contributed by atoms with van der Waals surface area (Å²) in [4.78, 5) is 0. The molecule has 2 aromatic carbocycles. The molecule has 0 saturated carbocycles. The quantitative estimate of drug-likeness (QED) is 0.667. The highest BCUT2D eigenvalue weighted by atomic mass is 19.1. The van der Waals surface area contributed by atoms with E-state index in [4.69, 9.17) is 4.74 Å². The summed E-state index contributed by atoms with van der Waals surface area (Å²) in [6, 6.07) is 14.1. The molecule has 2 nitrogen and oxygen atoms in total. The summed E-state index contributed by atoms with van der Waals surface area (Å²) in [6.45, 7) is 0. The van der Waals surface area contributed by atoms with Gasteiger partial charge < -0.3 is 9.30 Å². The summed E-state index contributed by atoms with van der Waals surface area (Å²) in [5, 5.41) is 1.04. The molecule has 0 fully saturated rings. The molecular weight excluding hydrogens is 229 g/mol. The number of halogens is 1. The Balaban J connectivity index is 2.15. The lowest BCUT2D eigenvalue weighted by molar-refractivity contribution is 0.415. The maximum atomic E-state index is 12.9. The van der Waals surface area contributed by atoms with Crippen LogP contribution in [-0.2, 0) is 0 Å². The molecule has 0 N–H and O–H groups in total. The van der Waals surface area contributed by atoms with Gasteiger partial charge in [0.25, 0.3) is 0 Å². The van der Waals surface area contributed by atoms with E-state index in [-0.39, 0.29) is 5.82 Å². The molecule has 1 radical (unpaired) electrons. The van der Waals surface area contributed by atoms with E-state index in [2.05, 4.69) is 6.20 Å². The Morgan fingerprint density at radius 1 is 1.11 bits per heavy atom. The third-order valence-electron chi connectivity index (χ3n) is 2.91. The molecule has 0 aliphatic heterocycles. The van der Waals surface area contributed by atoms with E-state index >= 15 is 0 Å². The third-order valence-corrected chi connectivity index (χ3v) is 2.91. The van der Waals surface area contributed by atoms with Gasteiger partial charge in [-0.15, -0.1) is 0 Å². The van der Waals surface area contributed by atoms with Crippen molar-refractivity contribution >= 4 is 10.9 Å². The first kappa shape index (κ1) is 10.8. The number of hydrogen-bond acceptors (Lipinski definition) is 1. The van der Waals surface area contributed by atoms with Gasteiger partial charge in [-0.05, 0) is 48.5 Å². The van der Waals surface area contributed by atoms with Gasteiger partial charge in [-0.25, -0.2) is 4.39 Å². The zero-order valence-electron chi connectivity index (χ0n) is 9.85. The Morgan fingerprint density at radius 2 is 1.89 bits per heavy atom. The van der Waals surface area contributed by atoms with Gasteiger partial charge in [0.15, 0.2) is 0 Å². The molecular formula is C15H11FNO. The maximum absolute atomic E-state index is 12.9. The highest BCUT2D eigenvalue weighted by Crippen LogP contribution is 2.24. The van der Waals surface area contributed by atoms with Crippen molar-refractivity contribution in [1.82, 2.24) is 4.57 Å². The molecule has 0 aliphatic rings. The van der Waals surface area contributed by atoms with Gasteiger partial charge in [0.2, 0.25) is 0 Å². The minimum atomic E-state index is -0.239. The Morgan fingerprint density at radius 3 is 2.61 bits per heavy atom. The lowest BCUT2D eigenvalue weighted by Crippen LogP contribution is -1.92. The first-order valence-corrected chi connectivity index (χ1v) is 5.61. The van der Waals surface area contributed by atoms with E-state index in [1.165, 1.54) is 12.1 Å². The average Bonchev–Trinajstić information content (AvgIpc) is 2.82. The van der Waals surface area contributed by atoms with Gasteiger partial charge in [0, 0.05) is 11.1 Å². The normalized spacial score (nSPS) is 10.8. The minimum absolute atomic E-state index is 0.239. The van der Waals surface area contributed by atoms with E-state index in [1.54, 1.807) is 19.2 Å². The van der Waals surface area contributed by atoms with Crippen LogP contribution in [-0.4, -0.2) is 11.7 Å². The predicted octanol–water partition coefficient (Wildman–Crippen LogP) is 3.58. The van der Waals surface area contributed by atoms with Crippen molar-refractivity contribution < 1.29 is 9.13 Å². The molecule has 0 atom stereocenters. The molecule has 0 saturated heterocycles. The smallest absolute Gasteiger partial charge is 0.123 e. The molecule has 0 spiro atoms. The van der Waals surface area contributed by atoms with Crippen LogP contribution in [0.15, 0.2) is 48.5 Å². The Kier molecular flexibility index (Phi) is 2.52. The zero-order chi connectivity index (χ0) is 12.5. The van der Waals surface area contributed by atoms with Gasteiger partial charge in [0.1, 0.15) is 11.6 Å². The molecule has 0 bridgehead atoms. The Bertz CT molecular complexity index is 685. The number of ether oxygens (including phenoxy) is 1. The van der Waals surface area contributed by atoms with Crippen molar-refractivity contribution in [1.29, 1.82) is 0 Å². The summed E-state index contributed by atoms with van der Waals surface area (Å²) in [5.74, 6) is 0.574. The van der Waals surface area contributed by atoms with Crippen molar-refractivity contribution in [2.45, 2.75) is 0 Å². The van der Waals surface area contributed by atoms with Gasteiger partial charge in [-0.3, -0.25) is 0 Å². The number of methoxy groups -OCH3 is 1. The molecule has 89 valence electrons. The number of rotatable bonds is 2. The Labute approximate surface area is 104 Å². The highest BCUT2D eigenvalue weighted by Gasteiger charge is 2.04. The molecule has 0 aliphatic carbocycles. The second-order valence-electron chi connectivity index (χ2n) is 4.01. The van der Waals surface area contributed by atoms with Gasteiger partial charge in [-0.1, -0.05) is 0 Å². The maximum Gasteiger partial charge on any atom is 0.123 e. The number of benzene rings is 2. The van der Waals surface area contributed by atoms with Gasteiger partial charge >= 0.3 is 0 Å². The minimum Gasteiger partial charge on any atom is -0.497 e. The Hall–Kier alpha value is -2.29. The van der Waals surface area contributed by atoms with Crippen LogP contribution in [0.5, 0.6) is 5.75 Å². The van der Waals surface area contributed by atoms with Crippen LogP contribution in [0.2, 0.25) is 0 Å². The molecule has 0 unspecified atom stereocenters. The van der Waals surface area contributed by atoms with Crippen LogP contribution in [0.1, 0.15) is 0 Å². The standard InChI is InChI=1S/C15H11FNO/c1-18-14-6-7-15-11(10-14)8-9-17(15)13-4-2-12(16)3-5-13/h2-8,10H,1H3. The average molecular weight is 240 g/mol. The highest BCUT2D eigenvalue weighted by molar-refractivity contribution is 5.83. The second kappa shape index (κ2) is 4.18. The van der Waals surface area contributed by atoms with E-state index < -0.39 is 0 Å². The fourth-order valence-corrected chi connectivity index (χ4v) is 1.99. The first-order valence-electron chi connectivity index (χ1n) is 5.61. The van der Waals surface area contributed by atoms with Crippen LogP contribution >= 0.6 is 0 Å². The summed E-state index contributed by atoms with van der Waals surface area (Å²) in [7, 11) is 1.64. The van der Waals surface area contributed by atoms with E-state index in [9.17, 15) is 4.39 Å². The topological polar surface area (TPSA) is 14.2 Å². The van der Waals surface area contributed by atoms with Crippen molar-refractivity contribution in [3.8, 4) is 11.4 Å². The molecule has 3 aromatic rings. The van der Waals surface area contributed by atoms with Gasteiger partial charge in [-0.2, -0.15) is 0 Å². The van der Waals surface area contributed by atoms with E-state index in [1.807, 2.05) is 28.8 Å². The third kappa shape index (κ3) is 1.74. The first-order chi connectivity index (χ1) is 8.78. The molecule has 0 amide bonds. The second-order valence-corrected chi connectivity index (χ2v) is 4.01. The summed E-state index contributed by atoms with van der Waals surface area (Å²) in [5.41, 5.74) is 1.90. The predicted molar refractivity (Wildman–Crippen MR) is 68.6 cm³/mol. The van der Waals surface area contributed by atoms with E-state index in [0.29, 0.717) is 0 Å². The number of aromatic nitrogens is 1. The van der Waals surface area contributed by atoms with Gasteiger partial charge in [0.05, 0.1) is 18.8 Å². The molecule has 3 heteroatoms. The lowest BCUT2D eigenvalue weighted by Gasteiger charge is -2.05. The summed E-state index contributed by atoms with van der Waals surface area (Å²) in [6.07, 6.45) is 3.14. The van der Waals surface area contributed by atoms with Crippen molar-refractivity contribution in [3.63, 3.8) is 0 Å². The number of fused-ring (bicyclic) bond motifs is 1. The van der Waals surface area contributed by atoms with Crippen molar-refractivity contribution in [3.05, 3.63) is 60.5 Å². The molecule has 3 rings (SSSR count).